The quantitative estimate of drug-likeness (QED) is 0.372. The number of hydrogen-bond acceptors (Lipinski definition) is 7. The molecule has 0 fully saturated rings. The van der Waals surface area contributed by atoms with Crippen molar-refractivity contribution in [3.63, 3.8) is 0 Å². The van der Waals surface area contributed by atoms with Crippen LogP contribution in [0.3, 0.4) is 0 Å². The van der Waals surface area contributed by atoms with Gasteiger partial charge in [-0.1, -0.05) is 0 Å². The summed E-state index contributed by atoms with van der Waals surface area (Å²) in [6, 6.07) is 0. The molecule has 11 heteroatoms. The molecule has 15 heavy (non-hydrogen) atoms. The maximum absolute atomic E-state index is 10.2. The average Bonchev–Trinajstić information content (AvgIpc) is 1.82. The Morgan fingerprint density at radius 3 is 1.60 bits per heavy atom. The minimum atomic E-state index is -5.49. The molecule has 0 amide bonds. The van der Waals surface area contributed by atoms with Crippen LogP contribution >= 0.6 is 0 Å². The van der Waals surface area contributed by atoms with Crippen molar-refractivity contribution in [2.45, 2.75) is 11.4 Å². The molecule has 1 unspecified atom stereocenters. The predicted octanol–water partition coefficient (Wildman–Crippen LogP) is -10.5. The third-order valence-corrected chi connectivity index (χ3v) is 2.29. The zero-order valence-corrected chi connectivity index (χ0v) is 12.8. The average molecular weight is 258 g/mol. The van der Waals surface area contributed by atoms with Crippen LogP contribution in [0.25, 0.3) is 0 Å². The molecule has 0 aliphatic heterocycles. The van der Waals surface area contributed by atoms with Gasteiger partial charge in [0.25, 0.3) is 0 Å². The zero-order chi connectivity index (χ0) is 10.9. The molecule has 0 radical (unpaired) electrons. The van der Waals surface area contributed by atoms with Crippen LogP contribution in [0, 0.1) is 0 Å². The van der Waals surface area contributed by atoms with Crippen LogP contribution in [0.15, 0.2) is 0 Å². The first kappa shape index (κ1) is 21.1. The van der Waals surface area contributed by atoms with E-state index in [9.17, 15) is 28.2 Å². The van der Waals surface area contributed by atoms with Gasteiger partial charge >= 0.3 is 69.2 Å². The molecule has 0 aromatic carbocycles. The smallest absolute Gasteiger partial charge is 0.550 e. The van der Waals surface area contributed by atoms with Gasteiger partial charge in [-0.05, 0) is 0 Å². The fourth-order valence-electron chi connectivity index (χ4n) is 0.464. The minimum absolute atomic E-state index is 0. The Labute approximate surface area is 129 Å². The van der Waals surface area contributed by atoms with Crippen molar-refractivity contribution in [3.8, 4) is 0 Å². The Bertz CT molecular complexity index is 337. The summed E-state index contributed by atoms with van der Waals surface area (Å²) in [5.74, 6) is -4.80. The van der Waals surface area contributed by atoms with Gasteiger partial charge in [-0.2, -0.15) is 8.42 Å². The minimum Gasteiger partial charge on any atom is -0.550 e. The molecule has 0 aliphatic carbocycles. The zero-order valence-electron chi connectivity index (χ0n) is 7.96. The van der Waals surface area contributed by atoms with E-state index in [0.29, 0.717) is 0 Å². The summed E-state index contributed by atoms with van der Waals surface area (Å²) in [5, 5.41) is 28.5. The predicted molar refractivity (Wildman–Crippen MR) is 31.1 cm³/mol. The van der Waals surface area contributed by atoms with Gasteiger partial charge in [0.05, 0.1) is 5.97 Å². The van der Waals surface area contributed by atoms with Crippen LogP contribution in [-0.2, 0) is 19.7 Å². The van der Waals surface area contributed by atoms with Crippen LogP contribution in [0.5, 0.6) is 0 Å². The molecular weight excluding hydrogens is 254 g/mol. The van der Waals surface area contributed by atoms with E-state index in [4.69, 9.17) is 9.66 Å². The third kappa shape index (κ3) is 5.61. The first-order chi connectivity index (χ1) is 5.61. The third-order valence-electron chi connectivity index (χ3n) is 1.13. The van der Waals surface area contributed by atoms with E-state index in [-0.39, 0.29) is 59.1 Å². The maximum atomic E-state index is 10.2. The van der Waals surface area contributed by atoms with Crippen LogP contribution in [0.4, 0.5) is 0 Å². The number of aliphatic carboxylic acids is 2. The molecular formula is C4H4Na2O8S. The van der Waals surface area contributed by atoms with Gasteiger partial charge in [0.15, 0.2) is 0 Å². The van der Waals surface area contributed by atoms with Crippen molar-refractivity contribution in [1.29, 1.82) is 0 Å². The van der Waals surface area contributed by atoms with Gasteiger partial charge in [0.1, 0.15) is 0 Å². The van der Waals surface area contributed by atoms with Crippen LogP contribution in [0.1, 0.15) is 6.42 Å². The first-order valence-corrected chi connectivity index (χ1v) is 4.16. The first-order valence-electron chi connectivity index (χ1n) is 2.72. The van der Waals surface area contributed by atoms with Crippen molar-refractivity contribution in [2.24, 2.45) is 0 Å². The van der Waals surface area contributed by atoms with Gasteiger partial charge in [0.2, 0.25) is 4.93 Å². The Balaban J connectivity index is -0.000000720. The van der Waals surface area contributed by atoms with E-state index in [1.807, 2.05) is 0 Å². The second-order valence-electron chi connectivity index (χ2n) is 2.10. The second kappa shape index (κ2) is 7.20. The van der Waals surface area contributed by atoms with Gasteiger partial charge in [0, 0.05) is 12.4 Å². The number of hydrogen-bond donors (Lipinski definition) is 2. The SMILES string of the molecule is O=C([O-])CC(O)(C(=O)[O-])S(=O)(=O)O.[Na+].[Na+]. The summed E-state index contributed by atoms with van der Waals surface area (Å²) in [4.78, 5) is 16.0. The number of carboxylic acid groups (broad SMARTS) is 2. The monoisotopic (exact) mass is 258 g/mol. The van der Waals surface area contributed by atoms with Crippen molar-refractivity contribution in [3.05, 3.63) is 0 Å². The van der Waals surface area contributed by atoms with Gasteiger partial charge < -0.3 is 24.9 Å². The largest absolute Gasteiger partial charge is 1.00 e. The number of aliphatic hydroxyl groups is 1. The van der Waals surface area contributed by atoms with Gasteiger partial charge in [-0.15, -0.1) is 0 Å². The van der Waals surface area contributed by atoms with Crippen molar-refractivity contribution < 1.29 is 97.0 Å². The Kier molecular flexibility index (Phi) is 10.1. The molecule has 76 valence electrons. The molecule has 0 rings (SSSR count). The molecule has 1 atom stereocenters. The number of carbonyl (C=O) groups excluding carboxylic acids is 2. The fourth-order valence-corrected chi connectivity index (χ4v) is 0.975. The topological polar surface area (TPSA) is 155 Å². The molecule has 0 saturated heterocycles. The standard InChI is InChI=1S/C4H6O8S.2Na/c5-2(6)1-4(9,3(7)8)13(10,11)12;;/h9H,1H2,(H,5,6)(H,7,8)(H,10,11,12);;/q;2*+1/p-2. The normalized spacial score (nSPS) is 14.0. The molecule has 0 spiro atoms. The van der Waals surface area contributed by atoms with E-state index >= 15 is 0 Å². The number of carboxylic acids is 2. The second-order valence-corrected chi connectivity index (χ2v) is 3.72. The Morgan fingerprint density at radius 2 is 1.53 bits per heavy atom. The van der Waals surface area contributed by atoms with Gasteiger partial charge in [-0.3, -0.25) is 4.55 Å². The van der Waals surface area contributed by atoms with E-state index in [2.05, 4.69) is 0 Å². The summed E-state index contributed by atoms with van der Waals surface area (Å²) in [6.07, 6.45) is -1.81. The van der Waals surface area contributed by atoms with E-state index in [1.54, 1.807) is 0 Å². The molecule has 0 saturated carbocycles. The van der Waals surface area contributed by atoms with Crippen LogP contribution in [0.2, 0.25) is 0 Å². The summed E-state index contributed by atoms with van der Waals surface area (Å²) < 4.78 is 28.6. The van der Waals surface area contributed by atoms with Crippen molar-refractivity contribution >= 4 is 22.1 Å². The molecule has 2 N–H and O–H groups in total. The molecule has 8 nitrogen and oxygen atoms in total. The summed E-state index contributed by atoms with van der Waals surface area (Å²) in [7, 11) is -5.49. The summed E-state index contributed by atoms with van der Waals surface area (Å²) in [5.41, 5.74) is 0. The Morgan fingerprint density at radius 1 is 1.20 bits per heavy atom. The fraction of sp³-hybridized carbons (Fsp3) is 0.500. The van der Waals surface area contributed by atoms with Crippen LogP contribution in [-0.4, -0.2) is 34.9 Å². The molecule has 0 aliphatic rings. The van der Waals surface area contributed by atoms with Crippen molar-refractivity contribution in [1.82, 2.24) is 0 Å². The number of rotatable bonds is 4. The Hall–Kier alpha value is 0.810. The number of carbonyl (C=O) groups is 2. The van der Waals surface area contributed by atoms with E-state index in [0.717, 1.165) is 0 Å². The van der Waals surface area contributed by atoms with Gasteiger partial charge in [-0.25, -0.2) is 0 Å². The maximum Gasteiger partial charge on any atom is 1.00 e. The summed E-state index contributed by atoms with van der Waals surface area (Å²) >= 11 is 0. The molecule has 0 bridgehead atoms. The molecule has 0 aromatic rings. The molecule has 0 aromatic heterocycles. The van der Waals surface area contributed by atoms with Crippen LogP contribution < -0.4 is 69.3 Å². The summed E-state index contributed by atoms with van der Waals surface area (Å²) in [6.45, 7) is 0. The van der Waals surface area contributed by atoms with Crippen molar-refractivity contribution in [2.75, 3.05) is 0 Å². The van der Waals surface area contributed by atoms with E-state index in [1.165, 1.54) is 0 Å². The van der Waals surface area contributed by atoms with E-state index < -0.39 is 33.4 Å². The molecule has 0 heterocycles.